The molecule has 20 heavy (non-hydrogen) atoms. The summed E-state index contributed by atoms with van der Waals surface area (Å²) in [5, 5.41) is -0.369. The number of rotatable bonds is 6. The van der Waals surface area contributed by atoms with Crippen LogP contribution in [0.1, 0.15) is 31.2 Å². The summed E-state index contributed by atoms with van der Waals surface area (Å²) in [5.74, 6) is -1.13. The SMILES string of the molecule is O=C(CS(=O)(=O)C1CCCC1)NOCc1cccnc1. The minimum absolute atomic E-state index is 0.156. The topological polar surface area (TPSA) is 85.4 Å². The van der Waals surface area contributed by atoms with Gasteiger partial charge >= 0.3 is 0 Å². The monoisotopic (exact) mass is 298 g/mol. The number of pyridine rings is 1. The fraction of sp³-hybridized carbons (Fsp3) is 0.538. The van der Waals surface area contributed by atoms with Crippen LogP contribution in [-0.4, -0.2) is 30.3 Å². The highest BCUT2D eigenvalue weighted by atomic mass is 32.2. The van der Waals surface area contributed by atoms with E-state index in [9.17, 15) is 13.2 Å². The van der Waals surface area contributed by atoms with Crippen LogP contribution in [0.5, 0.6) is 0 Å². The second kappa shape index (κ2) is 6.81. The van der Waals surface area contributed by atoms with Gasteiger partial charge in [0.1, 0.15) is 12.4 Å². The molecule has 110 valence electrons. The Hall–Kier alpha value is -1.47. The number of nitrogens with zero attached hydrogens (tertiary/aromatic N) is 1. The molecule has 6 nitrogen and oxygen atoms in total. The summed E-state index contributed by atoms with van der Waals surface area (Å²) in [6, 6.07) is 3.56. The van der Waals surface area contributed by atoms with Crippen molar-refractivity contribution in [2.75, 3.05) is 5.75 Å². The first kappa shape index (κ1) is 14.9. The molecule has 1 fully saturated rings. The molecule has 1 aromatic rings. The first-order chi connectivity index (χ1) is 9.58. The van der Waals surface area contributed by atoms with E-state index in [2.05, 4.69) is 10.5 Å². The maximum absolute atomic E-state index is 11.9. The van der Waals surface area contributed by atoms with Gasteiger partial charge in [0.05, 0.1) is 5.25 Å². The molecule has 0 bridgehead atoms. The molecule has 0 spiro atoms. The molecule has 2 rings (SSSR count). The smallest absolute Gasteiger partial charge is 0.258 e. The number of sulfone groups is 1. The lowest BCUT2D eigenvalue weighted by atomic mass is 10.3. The van der Waals surface area contributed by atoms with Crippen molar-refractivity contribution in [3.8, 4) is 0 Å². The van der Waals surface area contributed by atoms with Crippen molar-refractivity contribution in [1.82, 2.24) is 10.5 Å². The molecule has 0 aromatic carbocycles. The summed E-state index contributed by atoms with van der Waals surface area (Å²) in [5.41, 5.74) is 2.96. The quantitative estimate of drug-likeness (QED) is 0.791. The number of hydrogen-bond donors (Lipinski definition) is 1. The van der Waals surface area contributed by atoms with Gasteiger partial charge in [-0.1, -0.05) is 18.9 Å². The second-order valence-corrected chi connectivity index (χ2v) is 7.17. The maximum Gasteiger partial charge on any atom is 0.258 e. The van der Waals surface area contributed by atoms with E-state index in [-0.39, 0.29) is 11.9 Å². The molecule has 1 amide bonds. The fourth-order valence-corrected chi connectivity index (χ4v) is 3.97. The largest absolute Gasteiger partial charge is 0.272 e. The third-order valence-corrected chi connectivity index (χ3v) is 5.44. The van der Waals surface area contributed by atoms with Crippen LogP contribution >= 0.6 is 0 Å². The van der Waals surface area contributed by atoms with Gasteiger partial charge in [0, 0.05) is 12.4 Å². The summed E-state index contributed by atoms with van der Waals surface area (Å²) in [6.07, 6.45) is 6.40. The Morgan fingerprint density at radius 2 is 2.15 bits per heavy atom. The molecule has 1 heterocycles. The van der Waals surface area contributed by atoms with Crippen LogP contribution in [0.15, 0.2) is 24.5 Å². The number of nitrogens with one attached hydrogen (secondary N) is 1. The highest BCUT2D eigenvalue weighted by Crippen LogP contribution is 2.25. The van der Waals surface area contributed by atoms with E-state index in [0.29, 0.717) is 12.8 Å². The molecule has 0 atom stereocenters. The van der Waals surface area contributed by atoms with Gasteiger partial charge in [-0.25, -0.2) is 13.9 Å². The lowest BCUT2D eigenvalue weighted by molar-refractivity contribution is -0.131. The number of carbonyl (C=O) groups excluding carboxylic acids is 1. The van der Waals surface area contributed by atoms with Crippen molar-refractivity contribution in [3.05, 3.63) is 30.1 Å². The Kier molecular flexibility index (Phi) is 5.08. The molecule has 1 aliphatic carbocycles. The fourth-order valence-electron chi connectivity index (χ4n) is 2.26. The average Bonchev–Trinajstić information content (AvgIpc) is 2.94. The Morgan fingerprint density at radius 3 is 2.80 bits per heavy atom. The van der Waals surface area contributed by atoms with E-state index < -0.39 is 21.5 Å². The zero-order chi connectivity index (χ0) is 14.4. The molecule has 1 aliphatic rings. The standard InChI is InChI=1S/C13H18N2O4S/c16-13(10-20(17,18)12-5-1-2-6-12)15-19-9-11-4-3-7-14-8-11/h3-4,7-8,12H,1-2,5-6,9-10H2,(H,15,16). The Balaban J connectivity index is 1.75. The molecule has 0 unspecified atom stereocenters. The summed E-state index contributed by atoms with van der Waals surface area (Å²) >= 11 is 0. The first-order valence-electron chi connectivity index (χ1n) is 6.59. The van der Waals surface area contributed by atoms with Crippen molar-refractivity contribution in [2.45, 2.75) is 37.5 Å². The van der Waals surface area contributed by atoms with E-state index in [1.807, 2.05) is 0 Å². The highest BCUT2D eigenvalue weighted by molar-refractivity contribution is 7.92. The van der Waals surface area contributed by atoms with Crippen molar-refractivity contribution < 1.29 is 18.0 Å². The van der Waals surface area contributed by atoms with Crippen molar-refractivity contribution in [1.29, 1.82) is 0 Å². The zero-order valence-electron chi connectivity index (χ0n) is 11.1. The van der Waals surface area contributed by atoms with Gasteiger partial charge in [-0.2, -0.15) is 0 Å². The third-order valence-electron chi connectivity index (χ3n) is 3.29. The van der Waals surface area contributed by atoms with Gasteiger partial charge in [0.25, 0.3) is 5.91 Å². The van der Waals surface area contributed by atoms with Crippen LogP contribution < -0.4 is 5.48 Å². The van der Waals surface area contributed by atoms with Crippen LogP contribution in [0.4, 0.5) is 0 Å². The van der Waals surface area contributed by atoms with Gasteiger partial charge in [-0.15, -0.1) is 0 Å². The Morgan fingerprint density at radius 1 is 1.40 bits per heavy atom. The van der Waals surface area contributed by atoms with Crippen molar-refractivity contribution in [2.24, 2.45) is 0 Å². The van der Waals surface area contributed by atoms with Crippen molar-refractivity contribution in [3.63, 3.8) is 0 Å². The predicted molar refractivity (Wildman–Crippen MR) is 73.2 cm³/mol. The highest BCUT2D eigenvalue weighted by Gasteiger charge is 2.30. The number of carbonyl (C=O) groups is 1. The van der Waals surface area contributed by atoms with E-state index in [1.54, 1.807) is 24.5 Å². The molecule has 1 aromatic heterocycles. The van der Waals surface area contributed by atoms with Gasteiger partial charge < -0.3 is 0 Å². The van der Waals surface area contributed by atoms with Crippen molar-refractivity contribution >= 4 is 15.7 Å². The summed E-state index contributed by atoms with van der Waals surface area (Å²) < 4.78 is 23.9. The summed E-state index contributed by atoms with van der Waals surface area (Å²) in [7, 11) is -3.36. The van der Waals surface area contributed by atoms with E-state index in [1.165, 1.54) is 0 Å². The molecular formula is C13H18N2O4S. The van der Waals surface area contributed by atoms with E-state index in [4.69, 9.17) is 4.84 Å². The van der Waals surface area contributed by atoms with Crippen LogP contribution in [0.2, 0.25) is 0 Å². The Labute approximate surface area is 118 Å². The minimum atomic E-state index is -3.36. The third kappa shape index (κ3) is 4.28. The molecular weight excluding hydrogens is 280 g/mol. The predicted octanol–water partition coefficient (Wildman–Crippen LogP) is 0.987. The minimum Gasteiger partial charge on any atom is -0.272 e. The van der Waals surface area contributed by atoms with Gasteiger partial charge in [-0.05, 0) is 24.5 Å². The lowest BCUT2D eigenvalue weighted by Gasteiger charge is -2.11. The lowest BCUT2D eigenvalue weighted by Crippen LogP contribution is -2.34. The molecule has 1 saturated carbocycles. The van der Waals surface area contributed by atoms with Gasteiger partial charge in [0.15, 0.2) is 9.84 Å². The molecule has 1 N–H and O–H groups in total. The molecule has 0 radical (unpaired) electrons. The first-order valence-corrected chi connectivity index (χ1v) is 8.30. The number of hydrogen-bond acceptors (Lipinski definition) is 5. The molecule has 7 heteroatoms. The maximum atomic E-state index is 11.9. The summed E-state index contributed by atoms with van der Waals surface area (Å²) in [4.78, 5) is 20.5. The van der Waals surface area contributed by atoms with Gasteiger partial charge in [0.2, 0.25) is 0 Å². The summed E-state index contributed by atoms with van der Waals surface area (Å²) in [6.45, 7) is 0.156. The normalized spacial score (nSPS) is 16.2. The second-order valence-electron chi connectivity index (χ2n) is 4.89. The average molecular weight is 298 g/mol. The van der Waals surface area contributed by atoms with Crippen LogP contribution in [0, 0.1) is 0 Å². The van der Waals surface area contributed by atoms with E-state index in [0.717, 1.165) is 18.4 Å². The van der Waals surface area contributed by atoms with Crippen LogP contribution in [-0.2, 0) is 26.1 Å². The van der Waals surface area contributed by atoms with Crippen LogP contribution in [0.3, 0.4) is 0 Å². The molecule has 0 aliphatic heterocycles. The Bertz CT molecular complexity index is 539. The van der Waals surface area contributed by atoms with Crippen LogP contribution in [0.25, 0.3) is 0 Å². The molecule has 0 saturated heterocycles. The number of hydroxylamine groups is 1. The number of amides is 1. The van der Waals surface area contributed by atoms with Gasteiger partial charge in [-0.3, -0.25) is 14.6 Å². The van der Waals surface area contributed by atoms with E-state index >= 15 is 0 Å². The number of aromatic nitrogens is 1. The zero-order valence-corrected chi connectivity index (χ0v) is 11.9.